The molecule has 0 amide bonds. The zero-order valence-corrected chi connectivity index (χ0v) is 14.6. The van der Waals surface area contributed by atoms with Crippen molar-refractivity contribution in [3.8, 4) is 11.3 Å². The lowest BCUT2D eigenvalue weighted by atomic mass is 10.1. The van der Waals surface area contributed by atoms with Crippen molar-refractivity contribution in [1.82, 2.24) is 15.0 Å². The van der Waals surface area contributed by atoms with Gasteiger partial charge in [-0.1, -0.05) is 12.1 Å². The second-order valence-electron chi connectivity index (χ2n) is 6.85. The van der Waals surface area contributed by atoms with Gasteiger partial charge in [0.15, 0.2) is 5.82 Å². The van der Waals surface area contributed by atoms with Gasteiger partial charge in [0.05, 0.1) is 24.4 Å². The number of pyridine rings is 1. The molecule has 2 aromatic heterocycles. The van der Waals surface area contributed by atoms with Crippen molar-refractivity contribution in [2.24, 2.45) is 0 Å². The summed E-state index contributed by atoms with van der Waals surface area (Å²) >= 11 is 0. The Morgan fingerprint density at radius 3 is 2.54 bits per heavy atom. The third-order valence-corrected chi connectivity index (χ3v) is 4.91. The second kappa shape index (κ2) is 6.53. The van der Waals surface area contributed by atoms with Gasteiger partial charge in [0.25, 0.3) is 0 Å². The fourth-order valence-electron chi connectivity index (χ4n) is 3.31. The largest absolute Gasteiger partial charge is 0.378 e. The molecule has 132 valence electrons. The molecule has 3 aromatic rings. The highest BCUT2D eigenvalue weighted by atomic mass is 16.5. The van der Waals surface area contributed by atoms with E-state index in [0.29, 0.717) is 6.04 Å². The van der Waals surface area contributed by atoms with Crippen LogP contribution < -0.4 is 10.2 Å². The summed E-state index contributed by atoms with van der Waals surface area (Å²) in [5, 5.41) is 3.50. The van der Waals surface area contributed by atoms with E-state index in [1.54, 1.807) is 12.4 Å². The quantitative estimate of drug-likeness (QED) is 0.782. The predicted octanol–water partition coefficient (Wildman–Crippen LogP) is 3.10. The number of fused-ring (bicyclic) bond motifs is 1. The first kappa shape index (κ1) is 15.5. The highest BCUT2D eigenvalue weighted by Gasteiger charge is 2.23. The van der Waals surface area contributed by atoms with Gasteiger partial charge >= 0.3 is 0 Å². The molecule has 0 bridgehead atoms. The zero-order valence-electron chi connectivity index (χ0n) is 14.6. The van der Waals surface area contributed by atoms with Crippen molar-refractivity contribution in [3.63, 3.8) is 0 Å². The lowest BCUT2D eigenvalue weighted by Crippen LogP contribution is -2.36. The first-order valence-electron chi connectivity index (χ1n) is 9.18. The summed E-state index contributed by atoms with van der Waals surface area (Å²) < 4.78 is 5.43. The van der Waals surface area contributed by atoms with Crippen LogP contribution in [0, 0.1) is 0 Å². The number of morpholine rings is 1. The first-order valence-corrected chi connectivity index (χ1v) is 9.18. The summed E-state index contributed by atoms with van der Waals surface area (Å²) in [7, 11) is 0. The van der Waals surface area contributed by atoms with Crippen LogP contribution in [0.3, 0.4) is 0 Å². The Bertz CT molecular complexity index is 917. The van der Waals surface area contributed by atoms with Crippen molar-refractivity contribution in [3.05, 3.63) is 42.7 Å². The maximum absolute atomic E-state index is 5.43. The predicted molar refractivity (Wildman–Crippen MR) is 102 cm³/mol. The van der Waals surface area contributed by atoms with Crippen LogP contribution in [-0.4, -0.2) is 47.3 Å². The SMILES string of the molecule is c1cnc2c(NC3CC3)nc(-c3ccc(N4CCOCC4)cc3)cc2n1. The molecule has 6 nitrogen and oxygen atoms in total. The van der Waals surface area contributed by atoms with Crippen molar-refractivity contribution >= 4 is 22.5 Å². The van der Waals surface area contributed by atoms with Crippen molar-refractivity contribution in [2.75, 3.05) is 36.5 Å². The lowest BCUT2D eigenvalue weighted by molar-refractivity contribution is 0.122. The molecule has 1 aromatic carbocycles. The van der Waals surface area contributed by atoms with Crippen LogP contribution in [0.25, 0.3) is 22.3 Å². The molecule has 26 heavy (non-hydrogen) atoms. The van der Waals surface area contributed by atoms with Gasteiger partial charge in [-0.25, -0.2) is 9.97 Å². The van der Waals surface area contributed by atoms with Gasteiger partial charge in [-0.15, -0.1) is 0 Å². The summed E-state index contributed by atoms with van der Waals surface area (Å²) in [4.78, 5) is 16.1. The first-order chi connectivity index (χ1) is 12.9. The normalized spacial score (nSPS) is 17.5. The summed E-state index contributed by atoms with van der Waals surface area (Å²) in [5.74, 6) is 0.838. The summed E-state index contributed by atoms with van der Waals surface area (Å²) in [5.41, 5.74) is 4.96. The van der Waals surface area contributed by atoms with Gasteiger partial charge in [-0.2, -0.15) is 0 Å². The Kier molecular flexibility index (Phi) is 3.90. The third-order valence-electron chi connectivity index (χ3n) is 4.91. The number of nitrogens with one attached hydrogen (secondary N) is 1. The van der Waals surface area contributed by atoms with E-state index in [9.17, 15) is 0 Å². The van der Waals surface area contributed by atoms with E-state index in [4.69, 9.17) is 9.72 Å². The molecule has 0 unspecified atom stereocenters. The molecule has 2 fully saturated rings. The van der Waals surface area contributed by atoms with Gasteiger partial charge < -0.3 is 15.0 Å². The van der Waals surface area contributed by atoms with E-state index in [-0.39, 0.29) is 0 Å². The maximum Gasteiger partial charge on any atom is 0.155 e. The summed E-state index contributed by atoms with van der Waals surface area (Å²) in [6, 6.07) is 11.1. The lowest BCUT2D eigenvalue weighted by Gasteiger charge is -2.28. The molecule has 3 heterocycles. The highest BCUT2D eigenvalue weighted by molar-refractivity contribution is 5.88. The van der Waals surface area contributed by atoms with Crippen molar-refractivity contribution < 1.29 is 4.74 Å². The van der Waals surface area contributed by atoms with Crippen LogP contribution in [0.4, 0.5) is 11.5 Å². The number of nitrogens with zero attached hydrogens (tertiary/aromatic N) is 4. The molecule has 1 saturated carbocycles. The zero-order chi connectivity index (χ0) is 17.3. The Balaban J connectivity index is 1.49. The standard InChI is InChI=1S/C20H21N5O/c1-5-16(25-9-11-26-12-10-25)6-2-14(1)17-13-18-19(22-8-7-21-18)20(24-17)23-15-3-4-15/h1-2,5-8,13,15H,3-4,9-12H2,(H,23,24). The monoisotopic (exact) mass is 347 g/mol. The molecular formula is C20H21N5O. The van der Waals surface area contributed by atoms with E-state index in [2.05, 4.69) is 44.5 Å². The molecule has 5 rings (SSSR count). The van der Waals surface area contributed by atoms with Gasteiger partial charge in [-0.05, 0) is 31.0 Å². The van der Waals surface area contributed by atoms with E-state index >= 15 is 0 Å². The van der Waals surface area contributed by atoms with Crippen molar-refractivity contribution in [1.29, 1.82) is 0 Å². The van der Waals surface area contributed by atoms with E-state index in [0.717, 1.165) is 54.4 Å². The van der Waals surface area contributed by atoms with Gasteiger partial charge in [-0.3, -0.25) is 4.98 Å². The average molecular weight is 347 g/mol. The Morgan fingerprint density at radius 2 is 1.77 bits per heavy atom. The van der Waals surface area contributed by atoms with Crippen LogP contribution in [0.15, 0.2) is 42.7 Å². The minimum atomic E-state index is 0.520. The number of aromatic nitrogens is 3. The van der Waals surface area contributed by atoms with Gasteiger partial charge in [0.1, 0.15) is 5.52 Å². The van der Waals surface area contributed by atoms with Crippen LogP contribution in [0.5, 0.6) is 0 Å². The van der Waals surface area contributed by atoms with Crippen LogP contribution in [-0.2, 0) is 4.74 Å². The highest BCUT2D eigenvalue weighted by Crippen LogP contribution is 2.30. The topological polar surface area (TPSA) is 63.2 Å². The molecule has 0 atom stereocenters. The Hall–Kier alpha value is -2.73. The van der Waals surface area contributed by atoms with Gasteiger partial charge in [0, 0.05) is 42.8 Å². The molecule has 6 heteroatoms. The maximum atomic E-state index is 5.43. The third kappa shape index (κ3) is 3.08. The Morgan fingerprint density at radius 1 is 1.00 bits per heavy atom. The molecular weight excluding hydrogens is 326 g/mol. The molecule has 0 radical (unpaired) electrons. The molecule has 1 aliphatic heterocycles. The van der Waals surface area contributed by atoms with Crippen molar-refractivity contribution in [2.45, 2.75) is 18.9 Å². The molecule has 1 saturated heterocycles. The number of hydrogen-bond donors (Lipinski definition) is 1. The van der Waals surface area contributed by atoms with E-state index in [1.165, 1.54) is 18.5 Å². The summed E-state index contributed by atoms with van der Waals surface area (Å²) in [6.07, 6.45) is 5.84. The fraction of sp³-hybridized carbons (Fsp3) is 0.350. The molecule has 1 aliphatic carbocycles. The van der Waals surface area contributed by atoms with E-state index in [1.807, 2.05) is 6.07 Å². The van der Waals surface area contributed by atoms with E-state index < -0.39 is 0 Å². The minimum Gasteiger partial charge on any atom is -0.378 e. The van der Waals surface area contributed by atoms with Gasteiger partial charge in [0.2, 0.25) is 0 Å². The number of rotatable bonds is 4. The average Bonchev–Trinajstić information content (AvgIpc) is 3.53. The summed E-state index contributed by atoms with van der Waals surface area (Å²) in [6.45, 7) is 3.48. The number of ether oxygens (including phenoxy) is 1. The number of hydrogen-bond acceptors (Lipinski definition) is 6. The molecule has 2 aliphatic rings. The molecule has 0 spiro atoms. The minimum absolute atomic E-state index is 0.520. The number of anilines is 2. The van der Waals surface area contributed by atoms with Crippen LogP contribution >= 0.6 is 0 Å². The fourth-order valence-corrected chi connectivity index (χ4v) is 3.31. The Labute approximate surface area is 152 Å². The second-order valence-corrected chi connectivity index (χ2v) is 6.85. The number of benzene rings is 1. The van der Waals surface area contributed by atoms with Crippen LogP contribution in [0.1, 0.15) is 12.8 Å². The van der Waals surface area contributed by atoms with Crippen LogP contribution in [0.2, 0.25) is 0 Å². The smallest absolute Gasteiger partial charge is 0.155 e. The molecule has 1 N–H and O–H groups in total.